The van der Waals surface area contributed by atoms with Crippen LogP contribution < -0.4 is 15.4 Å². The first-order chi connectivity index (χ1) is 10.2. The van der Waals surface area contributed by atoms with Gasteiger partial charge in [-0.05, 0) is 24.3 Å². The highest BCUT2D eigenvalue weighted by molar-refractivity contribution is 6.31. The van der Waals surface area contributed by atoms with Crippen LogP contribution >= 0.6 is 11.6 Å². The Labute approximate surface area is 128 Å². The second-order valence-electron chi connectivity index (χ2n) is 4.26. The molecule has 0 radical (unpaired) electrons. The molecule has 2 rings (SSSR count). The summed E-state index contributed by atoms with van der Waals surface area (Å²) in [5.74, 6) is 1.01. The average Bonchev–Trinajstić information content (AvgIpc) is 2.53. The Kier molecular flexibility index (Phi) is 5.00. The summed E-state index contributed by atoms with van der Waals surface area (Å²) in [4.78, 5) is 16.3. The van der Waals surface area contributed by atoms with E-state index in [0.717, 1.165) is 5.56 Å². The Balaban J connectivity index is 2.11. The minimum atomic E-state index is -0.269. The summed E-state index contributed by atoms with van der Waals surface area (Å²) in [5, 5.41) is 6.23. The molecule has 0 saturated heterocycles. The second-order valence-corrected chi connectivity index (χ2v) is 4.67. The maximum absolute atomic E-state index is 12.1. The molecule has 1 aromatic heterocycles. The number of hydrogen-bond acceptors (Lipinski definition) is 4. The zero-order chi connectivity index (χ0) is 15.2. The van der Waals surface area contributed by atoms with Crippen molar-refractivity contribution in [1.29, 1.82) is 0 Å². The molecule has 0 spiro atoms. The molecule has 5 nitrogen and oxygen atoms in total. The first-order valence-electron chi connectivity index (χ1n) is 6.40. The van der Waals surface area contributed by atoms with Gasteiger partial charge in [-0.15, -0.1) is 0 Å². The van der Waals surface area contributed by atoms with E-state index in [1.54, 1.807) is 50.6 Å². The van der Waals surface area contributed by atoms with Crippen LogP contribution in [-0.2, 0) is 6.54 Å². The third-order valence-electron chi connectivity index (χ3n) is 2.96. The molecular formula is C15H16ClN3O2. The fraction of sp³-hybridized carbons (Fsp3) is 0.200. The molecule has 0 bridgehead atoms. The molecular weight excluding hydrogens is 290 g/mol. The number of hydrogen-bond donors (Lipinski definition) is 2. The van der Waals surface area contributed by atoms with Crippen LogP contribution in [0.4, 0.5) is 5.82 Å². The molecule has 110 valence electrons. The van der Waals surface area contributed by atoms with Crippen molar-refractivity contribution in [3.8, 4) is 5.75 Å². The van der Waals surface area contributed by atoms with Crippen molar-refractivity contribution in [2.75, 3.05) is 19.5 Å². The van der Waals surface area contributed by atoms with Crippen LogP contribution in [0, 0.1) is 0 Å². The molecule has 0 atom stereocenters. The first-order valence-corrected chi connectivity index (χ1v) is 6.78. The number of nitrogens with one attached hydrogen (secondary N) is 2. The SMILES string of the molecule is CNc1cccc(C(=O)NCc2c(Cl)cccc2OC)n1. The van der Waals surface area contributed by atoms with E-state index in [2.05, 4.69) is 15.6 Å². The number of ether oxygens (including phenoxy) is 1. The zero-order valence-electron chi connectivity index (χ0n) is 11.8. The Morgan fingerprint density at radius 1 is 1.29 bits per heavy atom. The van der Waals surface area contributed by atoms with Crippen molar-refractivity contribution in [2.45, 2.75) is 6.54 Å². The van der Waals surface area contributed by atoms with Gasteiger partial charge in [0, 0.05) is 24.2 Å². The predicted octanol–water partition coefficient (Wildman–Crippen LogP) is 2.72. The quantitative estimate of drug-likeness (QED) is 0.891. The third-order valence-corrected chi connectivity index (χ3v) is 3.31. The van der Waals surface area contributed by atoms with Crippen molar-refractivity contribution in [2.24, 2.45) is 0 Å². The number of anilines is 1. The topological polar surface area (TPSA) is 63.2 Å². The minimum absolute atomic E-state index is 0.269. The molecule has 1 aromatic carbocycles. The van der Waals surface area contributed by atoms with Gasteiger partial charge in [0.25, 0.3) is 5.91 Å². The summed E-state index contributed by atoms with van der Waals surface area (Å²) >= 11 is 6.13. The Bertz CT molecular complexity index is 647. The minimum Gasteiger partial charge on any atom is -0.496 e. The summed E-state index contributed by atoms with van der Waals surface area (Å²) in [6, 6.07) is 10.6. The molecule has 0 aliphatic carbocycles. The summed E-state index contributed by atoms with van der Waals surface area (Å²) in [6.07, 6.45) is 0. The average molecular weight is 306 g/mol. The number of methoxy groups -OCH3 is 1. The fourth-order valence-electron chi connectivity index (χ4n) is 1.86. The van der Waals surface area contributed by atoms with E-state index in [-0.39, 0.29) is 12.5 Å². The number of amides is 1. The molecule has 21 heavy (non-hydrogen) atoms. The van der Waals surface area contributed by atoms with Gasteiger partial charge in [-0.25, -0.2) is 4.98 Å². The number of rotatable bonds is 5. The fourth-order valence-corrected chi connectivity index (χ4v) is 2.09. The van der Waals surface area contributed by atoms with Crippen LogP contribution in [0.5, 0.6) is 5.75 Å². The largest absolute Gasteiger partial charge is 0.496 e. The van der Waals surface area contributed by atoms with Crippen molar-refractivity contribution in [3.63, 3.8) is 0 Å². The molecule has 0 fully saturated rings. The van der Waals surface area contributed by atoms with Crippen molar-refractivity contribution in [3.05, 3.63) is 52.7 Å². The van der Waals surface area contributed by atoms with Crippen LogP contribution in [0.2, 0.25) is 5.02 Å². The summed E-state index contributed by atoms with van der Waals surface area (Å²) < 4.78 is 5.24. The van der Waals surface area contributed by atoms with Crippen LogP contribution in [0.25, 0.3) is 0 Å². The van der Waals surface area contributed by atoms with Gasteiger partial charge in [0.1, 0.15) is 17.3 Å². The Hall–Kier alpha value is -2.27. The maximum Gasteiger partial charge on any atom is 0.270 e. The highest BCUT2D eigenvalue weighted by atomic mass is 35.5. The van der Waals surface area contributed by atoms with Gasteiger partial charge >= 0.3 is 0 Å². The van der Waals surface area contributed by atoms with Crippen molar-refractivity contribution >= 4 is 23.3 Å². The Morgan fingerprint density at radius 2 is 2.05 bits per heavy atom. The number of halogens is 1. The highest BCUT2D eigenvalue weighted by Crippen LogP contribution is 2.25. The maximum atomic E-state index is 12.1. The number of carbonyl (C=O) groups excluding carboxylic acids is 1. The third kappa shape index (κ3) is 3.64. The molecule has 0 aliphatic heterocycles. The van der Waals surface area contributed by atoms with Crippen LogP contribution in [0.3, 0.4) is 0 Å². The van der Waals surface area contributed by atoms with Crippen molar-refractivity contribution < 1.29 is 9.53 Å². The van der Waals surface area contributed by atoms with Gasteiger partial charge in [0.15, 0.2) is 0 Å². The first kappa shape index (κ1) is 15.1. The highest BCUT2D eigenvalue weighted by Gasteiger charge is 2.11. The summed E-state index contributed by atoms with van der Waals surface area (Å²) in [5.41, 5.74) is 1.08. The monoisotopic (exact) mass is 305 g/mol. The standard InChI is InChI=1S/C15H16ClN3O2/c1-17-14-8-4-6-12(19-14)15(20)18-9-10-11(16)5-3-7-13(10)21-2/h3-8H,9H2,1-2H3,(H,17,19)(H,18,20). The normalized spacial score (nSPS) is 10.0. The number of aromatic nitrogens is 1. The number of pyridine rings is 1. The van der Waals surface area contributed by atoms with Crippen molar-refractivity contribution in [1.82, 2.24) is 10.3 Å². The molecule has 0 unspecified atom stereocenters. The van der Waals surface area contributed by atoms with Gasteiger partial charge in [0.2, 0.25) is 0 Å². The number of benzene rings is 1. The van der Waals surface area contributed by atoms with E-state index in [4.69, 9.17) is 16.3 Å². The lowest BCUT2D eigenvalue weighted by Gasteiger charge is -2.11. The second kappa shape index (κ2) is 6.95. The Morgan fingerprint density at radius 3 is 2.76 bits per heavy atom. The van der Waals surface area contributed by atoms with E-state index in [1.165, 1.54) is 0 Å². The van der Waals surface area contributed by atoms with E-state index < -0.39 is 0 Å². The molecule has 1 heterocycles. The lowest BCUT2D eigenvalue weighted by Crippen LogP contribution is -2.24. The number of nitrogens with zero attached hydrogens (tertiary/aromatic N) is 1. The summed E-state index contributed by atoms with van der Waals surface area (Å²) in [6.45, 7) is 0.271. The summed E-state index contributed by atoms with van der Waals surface area (Å²) in [7, 11) is 3.31. The van der Waals surface area contributed by atoms with Gasteiger partial charge in [-0.2, -0.15) is 0 Å². The van der Waals surface area contributed by atoms with Gasteiger partial charge in [-0.3, -0.25) is 4.79 Å². The molecule has 0 aliphatic rings. The van der Waals surface area contributed by atoms with Crippen LogP contribution in [0.1, 0.15) is 16.1 Å². The lowest BCUT2D eigenvalue weighted by molar-refractivity contribution is 0.0946. The lowest BCUT2D eigenvalue weighted by atomic mass is 10.2. The molecule has 1 amide bonds. The van der Waals surface area contributed by atoms with E-state index in [9.17, 15) is 4.79 Å². The zero-order valence-corrected chi connectivity index (χ0v) is 12.6. The van der Waals surface area contributed by atoms with Gasteiger partial charge in [-0.1, -0.05) is 23.7 Å². The number of carbonyl (C=O) groups is 1. The van der Waals surface area contributed by atoms with E-state index >= 15 is 0 Å². The van der Waals surface area contributed by atoms with E-state index in [0.29, 0.717) is 22.3 Å². The smallest absolute Gasteiger partial charge is 0.270 e. The molecule has 6 heteroatoms. The molecule has 0 saturated carbocycles. The van der Waals surface area contributed by atoms with Crippen LogP contribution in [-0.4, -0.2) is 25.0 Å². The predicted molar refractivity (Wildman–Crippen MR) is 83.0 cm³/mol. The molecule has 2 N–H and O–H groups in total. The molecule has 2 aromatic rings. The van der Waals surface area contributed by atoms with Gasteiger partial charge < -0.3 is 15.4 Å². The van der Waals surface area contributed by atoms with Gasteiger partial charge in [0.05, 0.1) is 7.11 Å². The van der Waals surface area contributed by atoms with Crippen LogP contribution in [0.15, 0.2) is 36.4 Å². The van der Waals surface area contributed by atoms with E-state index in [1.807, 2.05) is 0 Å².